The molecule has 1 aromatic heterocycles. The molecule has 0 saturated carbocycles. The van der Waals surface area contributed by atoms with Gasteiger partial charge in [0.25, 0.3) is 0 Å². The molecule has 0 aliphatic heterocycles. The standard InChI is InChI=1S/C57H37NO/c1-4-16-38(17-5-1)39-28-30-42(31-29-39)58(43-32-34-45(40-18-6-2-7-19-40)50(36-43)41-20-8-3-9-21-41)44-33-35-47-46-22-10-13-25-51(46)57(53(47)37-44)52-26-14-11-23-48(52)56-55(57)49-24-12-15-27-54(49)59-56/h1-37H. The van der Waals surface area contributed by atoms with E-state index in [1.54, 1.807) is 0 Å². The number of para-hydroxylation sites is 1. The van der Waals surface area contributed by atoms with Crippen molar-refractivity contribution < 1.29 is 4.42 Å². The summed E-state index contributed by atoms with van der Waals surface area (Å²) in [6.45, 7) is 0. The van der Waals surface area contributed by atoms with Crippen LogP contribution in [0.4, 0.5) is 17.1 Å². The number of hydrogen-bond donors (Lipinski definition) is 0. The molecule has 2 nitrogen and oxygen atoms in total. The highest BCUT2D eigenvalue weighted by molar-refractivity contribution is 6.02. The van der Waals surface area contributed by atoms with E-state index in [0.717, 1.165) is 39.4 Å². The number of benzene rings is 9. The van der Waals surface area contributed by atoms with Gasteiger partial charge in [0, 0.05) is 33.6 Å². The van der Waals surface area contributed by atoms with Crippen molar-refractivity contribution in [3.63, 3.8) is 0 Å². The van der Waals surface area contributed by atoms with E-state index in [0.29, 0.717) is 0 Å². The lowest BCUT2D eigenvalue weighted by Crippen LogP contribution is -2.26. The fourth-order valence-corrected chi connectivity index (χ4v) is 9.99. The maximum atomic E-state index is 6.81. The second-order valence-electron chi connectivity index (χ2n) is 15.6. The zero-order valence-electron chi connectivity index (χ0n) is 32.2. The third-order valence-electron chi connectivity index (χ3n) is 12.5. The van der Waals surface area contributed by atoms with Gasteiger partial charge < -0.3 is 9.32 Å². The third-order valence-corrected chi connectivity index (χ3v) is 12.5. The van der Waals surface area contributed by atoms with Crippen LogP contribution in [0.1, 0.15) is 22.3 Å². The molecule has 10 aromatic rings. The Morgan fingerprint density at radius 3 is 1.53 bits per heavy atom. The smallest absolute Gasteiger partial charge is 0.140 e. The molecule has 0 radical (unpaired) electrons. The van der Waals surface area contributed by atoms with Crippen LogP contribution in [-0.2, 0) is 5.41 Å². The van der Waals surface area contributed by atoms with Gasteiger partial charge in [-0.3, -0.25) is 0 Å². The Morgan fingerprint density at radius 1 is 0.322 bits per heavy atom. The largest absolute Gasteiger partial charge is 0.456 e. The van der Waals surface area contributed by atoms with Gasteiger partial charge in [0.15, 0.2) is 0 Å². The predicted molar refractivity (Wildman–Crippen MR) is 244 cm³/mol. The van der Waals surface area contributed by atoms with Gasteiger partial charge in [-0.25, -0.2) is 0 Å². The highest BCUT2D eigenvalue weighted by atomic mass is 16.3. The molecule has 0 amide bonds. The lowest BCUT2D eigenvalue weighted by molar-refractivity contribution is 0.628. The van der Waals surface area contributed by atoms with E-state index in [1.165, 1.54) is 66.8 Å². The second-order valence-corrected chi connectivity index (χ2v) is 15.6. The van der Waals surface area contributed by atoms with Crippen molar-refractivity contribution >= 4 is 28.0 Å². The molecule has 12 rings (SSSR count). The molecule has 0 N–H and O–H groups in total. The van der Waals surface area contributed by atoms with Gasteiger partial charge in [-0.2, -0.15) is 0 Å². The first kappa shape index (κ1) is 33.5. The van der Waals surface area contributed by atoms with Crippen molar-refractivity contribution in [1.29, 1.82) is 0 Å². The predicted octanol–water partition coefficient (Wildman–Crippen LogP) is 15.2. The molecule has 2 aliphatic rings. The Morgan fingerprint density at radius 2 is 0.814 bits per heavy atom. The molecule has 59 heavy (non-hydrogen) atoms. The van der Waals surface area contributed by atoms with Crippen LogP contribution in [0, 0.1) is 0 Å². The highest BCUT2D eigenvalue weighted by Gasteiger charge is 2.54. The summed E-state index contributed by atoms with van der Waals surface area (Å²) < 4.78 is 6.81. The summed E-state index contributed by atoms with van der Waals surface area (Å²) in [7, 11) is 0. The molecular weight excluding hydrogens is 715 g/mol. The minimum Gasteiger partial charge on any atom is -0.456 e. The fourth-order valence-electron chi connectivity index (χ4n) is 9.99. The first-order chi connectivity index (χ1) is 29.3. The van der Waals surface area contributed by atoms with Crippen molar-refractivity contribution in [2.45, 2.75) is 5.41 Å². The molecule has 1 atom stereocenters. The van der Waals surface area contributed by atoms with Crippen LogP contribution in [0.15, 0.2) is 229 Å². The Labute approximate surface area is 343 Å². The van der Waals surface area contributed by atoms with E-state index in [1.807, 2.05) is 0 Å². The van der Waals surface area contributed by atoms with Gasteiger partial charge in [-0.05, 0) is 104 Å². The summed E-state index contributed by atoms with van der Waals surface area (Å²) in [6, 6.07) is 81.6. The number of fused-ring (bicyclic) bond motifs is 12. The molecular formula is C57H37NO. The van der Waals surface area contributed by atoms with E-state index in [4.69, 9.17) is 4.42 Å². The summed E-state index contributed by atoms with van der Waals surface area (Å²) in [4.78, 5) is 2.43. The van der Waals surface area contributed by atoms with Gasteiger partial charge in [-0.1, -0.05) is 182 Å². The van der Waals surface area contributed by atoms with Crippen LogP contribution >= 0.6 is 0 Å². The zero-order chi connectivity index (χ0) is 38.9. The Balaban J connectivity index is 1.12. The molecule has 1 heterocycles. The highest BCUT2D eigenvalue weighted by Crippen LogP contribution is 2.65. The van der Waals surface area contributed by atoms with Crippen LogP contribution in [0.2, 0.25) is 0 Å². The maximum Gasteiger partial charge on any atom is 0.140 e. The minimum absolute atomic E-state index is 0.560. The van der Waals surface area contributed by atoms with Crippen molar-refractivity contribution in [1.82, 2.24) is 0 Å². The average molecular weight is 752 g/mol. The molecule has 0 fully saturated rings. The van der Waals surface area contributed by atoms with Crippen LogP contribution in [0.3, 0.4) is 0 Å². The zero-order valence-corrected chi connectivity index (χ0v) is 32.2. The van der Waals surface area contributed by atoms with E-state index in [-0.39, 0.29) is 0 Å². The molecule has 1 spiro atoms. The van der Waals surface area contributed by atoms with Crippen LogP contribution < -0.4 is 4.90 Å². The van der Waals surface area contributed by atoms with Crippen molar-refractivity contribution in [3.05, 3.63) is 247 Å². The number of furan rings is 1. The molecule has 0 saturated heterocycles. The van der Waals surface area contributed by atoms with Gasteiger partial charge in [0.2, 0.25) is 0 Å². The summed E-state index contributed by atoms with van der Waals surface area (Å²) in [5.74, 6) is 0.965. The normalized spacial score (nSPS) is 14.5. The maximum absolute atomic E-state index is 6.81. The summed E-state index contributed by atoms with van der Waals surface area (Å²) in [6.07, 6.45) is 0. The lowest BCUT2D eigenvalue weighted by Gasteiger charge is -2.32. The van der Waals surface area contributed by atoms with Crippen LogP contribution in [-0.4, -0.2) is 0 Å². The first-order valence-corrected chi connectivity index (χ1v) is 20.3. The fraction of sp³-hybridized carbons (Fsp3) is 0.0175. The van der Waals surface area contributed by atoms with E-state index >= 15 is 0 Å². The third kappa shape index (κ3) is 5.00. The van der Waals surface area contributed by atoms with Gasteiger partial charge in [0.1, 0.15) is 11.3 Å². The first-order valence-electron chi connectivity index (χ1n) is 20.3. The van der Waals surface area contributed by atoms with Gasteiger partial charge in [-0.15, -0.1) is 0 Å². The summed E-state index contributed by atoms with van der Waals surface area (Å²) in [5.41, 5.74) is 19.5. The number of anilines is 3. The lowest BCUT2D eigenvalue weighted by atomic mass is 9.70. The second kappa shape index (κ2) is 13.2. The Hall–Kier alpha value is -7.68. The number of hydrogen-bond acceptors (Lipinski definition) is 2. The molecule has 0 bridgehead atoms. The van der Waals surface area contributed by atoms with Crippen LogP contribution in [0.25, 0.3) is 66.8 Å². The molecule has 1 unspecified atom stereocenters. The van der Waals surface area contributed by atoms with Crippen molar-refractivity contribution in [3.8, 4) is 55.8 Å². The Bertz CT molecular complexity index is 3200. The van der Waals surface area contributed by atoms with Gasteiger partial charge in [0.05, 0.1) is 5.41 Å². The molecule has 276 valence electrons. The summed E-state index contributed by atoms with van der Waals surface area (Å²) >= 11 is 0. The van der Waals surface area contributed by atoms with E-state index in [9.17, 15) is 0 Å². The van der Waals surface area contributed by atoms with Crippen LogP contribution in [0.5, 0.6) is 0 Å². The molecule has 2 aliphatic carbocycles. The SMILES string of the molecule is c1ccc(-c2ccc(N(c3ccc(-c4ccccc4)c(-c4ccccc4)c3)c3ccc4c(c3)C3(c5ccccc5-4)c4ccccc4-c4oc5ccccc5c43)cc2)cc1. The summed E-state index contributed by atoms with van der Waals surface area (Å²) in [5, 5.41) is 1.16. The minimum atomic E-state index is -0.560. The van der Waals surface area contributed by atoms with E-state index < -0.39 is 5.41 Å². The van der Waals surface area contributed by atoms with Gasteiger partial charge >= 0.3 is 0 Å². The topological polar surface area (TPSA) is 16.4 Å². The monoisotopic (exact) mass is 751 g/mol. The van der Waals surface area contributed by atoms with Crippen molar-refractivity contribution in [2.24, 2.45) is 0 Å². The number of rotatable bonds is 6. The molecule has 9 aromatic carbocycles. The quantitative estimate of drug-likeness (QED) is 0.168. The average Bonchev–Trinajstić information content (AvgIpc) is 3.94. The molecule has 2 heteroatoms. The Kier molecular flexibility index (Phi) is 7.48. The van der Waals surface area contributed by atoms with Crippen molar-refractivity contribution in [2.75, 3.05) is 4.90 Å². The van der Waals surface area contributed by atoms with E-state index in [2.05, 4.69) is 229 Å². The number of nitrogens with zero attached hydrogens (tertiary/aromatic N) is 1.